The molecule has 0 spiro atoms. The van der Waals surface area contributed by atoms with E-state index in [2.05, 4.69) is 15.5 Å². The molecule has 5 heteroatoms. The molecule has 0 unspecified atom stereocenters. The van der Waals surface area contributed by atoms with E-state index in [1.807, 2.05) is 13.8 Å². The van der Waals surface area contributed by atoms with Gasteiger partial charge in [-0.3, -0.25) is 5.10 Å². The number of nitrogens with one attached hydrogen (secondary N) is 2. The average molecular weight is 251 g/mol. The summed E-state index contributed by atoms with van der Waals surface area (Å²) in [5, 5.41) is 9.67. The SMILES string of the molecule is Cc1ccc(F)c(NCc2c(C)n[nH]c2C)c1F. The van der Waals surface area contributed by atoms with Crippen LogP contribution in [0.2, 0.25) is 0 Å². The monoisotopic (exact) mass is 251 g/mol. The second kappa shape index (κ2) is 4.76. The molecule has 0 aliphatic carbocycles. The summed E-state index contributed by atoms with van der Waals surface area (Å²) in [5.41, 5.74) is 2.98. The maximum Gasteiger partial charge on any atom is 0.152 e. The van der Waals surface area contributed by atoms with Crippen molar-refractivity contribution in [3.63, 3.8) is 0 Å². The number of hydrogen-bond acceptors (Lipinski definition) is 2. The van der Waals surface area contributed by atoms with Crippen LogP contribution in [0.4, 0.5) is 14.5 Å². The van der Waals surface area contributed by atoms with Crippen LogP contribution < -0.4 is 5.32 Å². The highest BCUT2D eigenvalue weighted by atomic mass is 19.1. The molecule has 0 atom stereocenters. The smallest absolute Gasteiger partial charge is 0.152 e. The molecule has 0 aliphatic heterocycles. The maximum absolute atomic E-state index is 13.8. The first-order chi connectivity index (χ1) is 8.50. The summed E-state index contributed by atoms with van der Waals surface area (Å²) in [6.07, 6.45) is 0. The molecule has 2 aromatic rings. The van der Waals surface area contributed by atoms with Gasteiger partial charge in [-0.25, -0.2) is 8.78 Å². The lowest BCUT2D eigenvalue weighted by atomic mass is 10.1. The van der Waals surface area contributed by atoms with E-state index >= 15 is 0 Å². The molecule has 2 N–H and O–H groups in total. The minimum atomic E-state index is -0.586. The van der Waals surface area contributed by atoms with Crippen LogP contribution in [0, 0.1) is 32.4 Å². The van der Waals surface area contributed by atoms with E-state index in [1.165, 1.54) is 12.1 Å². The van der Waals surface area contributed by atoms with Crippen molar-refractivity contribution in [3.8, 4) is 0 Å². The van der Waals surface area contributed by atoms with Crippen LogP contribution in [-0.2, 0) is 6.54 Å². The number of aryl methyl sites for hydroxylation is 3. The zero-order valence-corrected chi connectivity index (χ0v) is 10.6. The van der Waals surface area contributed by atoms with Gasteiger partial charge in [0.15, 0.2) is 5.82 Å². The molecule has 2 rings (SSSR count). The molecule has 0 amide bonds. The maximum atomic E-state index is 13.8. The van der Waals surface area contributed by atoms with Gasteiger partial charge in [0.2, 0.25) is 0 Å². The predicted molar refractivity (Wildman–Crippen MR) is 66.5 cm³/mol. The number of halogens is 2. The van der Waals surface area contributed by atoms with E-state index in [1.54, 1.807) is 6.92 Å². The average Bonchev–Trinajstić information content (AvgIpc) is 2.65. The summed E-state index contributed by atoms with van der Waals surface area (Å²) in [6.45, 7) is 5.67. The number of hydrogen-bond donors (Lipinski definition) is 2. The van der Waals surface area contributed by atoms with Crippen molar-refractivity contribution in [2.75, 3.05) is 5.32 Å². The van der Waals surface area contributed by atoms with Gasteiger partial charge in [0, 0.05) is 17.8 Å². The first kappa shape index (κ1) is 12.5. The molecule has 1 aromatic heterocycles. The summed E-state index contributed by atoms with van der Waals surface area (Å²) >= 11 is 0. The standard InChI is InChI=1S/C13H15F2N3/c1-7-4-5-11(14)13(12(7)15)16-6-10-8(2)17-18-9(10)3/h4-5,16H,6H2,1-3H3,(H,17,18). The first-order valence-corrected chi connectivity index (χ1v) is 5.69. The normalized spacial score (nSPS) is 10.7. The van der Waals surface area contributed by atoms with Crippen molar-refractivity contribution in [2.24, 2.45) is 0 Å². The van der Waals surface area contributed by atoms with Gasteiger partial charge in [-0.1, -0.05) is 6.07 Å². The Kier molecular flexibility index (Phi) is 3.32. The number of H-pyrrole nitrogens is 1. The van der Waals surface area contributed by atoms with Gasteiger partial charge < -0.3 is 5.32 Å². The van der Waals surface area contributed by atoms with E-state index in [9.17, 15) is 8.78 Å². The van der Waals surface area contributed by atoms with E-state index in [0.717, 1.165) is 17.0 Å². The molecule has 0 fully saturated rings. The van der Waals surface area contributed by atoms with Crippen molar-refractivity contribution in [1.29, 1.82) is 0 Å². The molecular formula is C13H15F2N3. The number of rotatable bonds is 3. The minimum absolute atomic E-state index is 0.0880. The molecule has 0 saturated carbocycles. The zero-order valence-electron chi connectivity index (χ0n) is 10.6. The molecule has 0 saturated heterocycles. The summed E-state index contributed by atoms with van der Waals surface area (Å²) in [7, 11) is 0. The number of benzene rings is 1. The Morgan fingerprint density at radius 1 is 1.22 bits per heavy atom. The van der Waals surface area contributed by atoms with Crippen LogP contribution in [-0.4, -0.2) is 10.2 Å². The molecule has 0 radical (unpaired) electrons. The second-order valence-electron chi connectivity index (χ2n) is 4.32. The van der Waals surface area contributed by atoms with Crippen LogP contribution >= 0.6 is 0 Å². The molecule has 1 heterocycles. The van der Waals surface area contributed by atoms with Crippen molar-refractivity contribution < 1.29 is 8.78 Å². The Morgan fingerprint density at radius 3 is 2.56 bits per heavy atom. The van der Waals surface area contributed by atoms with Gasteiger partial charge >= 0.3 is 0 Å². The fourth-order valence-electron chi connectivity index (χ4n) is 1.83. The van der Waals surface area contributed by atoms with Gasteiger partial charge in [-0.05, 0) is 32.4 Å². The van der Waals surface area contributed by atoms with Gasteiger partial charge in [-0.15, -0.1) is 0 Å². The second-order valence-corrected chi connectivity index (χ2v) is 4.32. The van der Waals surface area contributed by atoms with Crippen LogP contribution in [0.3, 0.4) is 0 Å². The summed E-state index contributed by atoms with van der Waals surface area (Å²) < 4.78 is 27.3. The van der Waals surface area contributed by atoms with Crippen molar-refractivity contribution >= 4 is 5.69 Å². The molecule has 0 bridgehead atoms. The molecule has 0 aliphatic rings. The van der Waals surface area contributed by atoms with E-state index in [0.29, 0.717) is 12.1 Å². The molecule has 3 nitrogen and oxygen atoms in total. The highest BCUT2D eigenvalue weighted by Crippen LogP contribution is 2.23. The zero-order chi connectivity index (χ0) is 13.3. The summed E-state index contributed by atoms with van der Waals surface area (Å²) in [4.78, 5) is 0. The first-order valence-electron chi connectivity index (χ1n) is 5.69. The van der Waals surface area contributed by atoms with Gasteiger partial charge in [0.05, 0.1) is 5.69 Å². The lowest BCUT2D eigenvalue weighted by molar-refractivity contribution is 0.582. The van der Waals surface area contributed by atoms with Crippen LogP contribution in [0.5, 0.6) is 0 Å². The van der Waals surface area contributed by atoms with Gasteiger partial charge in [0.25, 0.3) is 0 Å². The summed E-state index contributed by atoms with van der Waals surface area (Å²) in [5.74, 6) is -1.13. The fraction of sp³-hybridized carbons (Fsp3) is 0.308. The third-order valence-electron chi connectivity index (χ3n) is 3.01. The quantitative estimate of drug-likeness (QED) is 0.879. The molecule has 18 heavy (non-hydrogen) atoms. The lowest BCUT2D eigenvalue weighted by Gasteiger charge is -2.10. The Morgan fingerprint density at radius 2 is 1.94 bits per heavy atom. The van der Waals surface area contributed by atoms with Crippen molar-refractivity contribution in [3.05, 3.63) is 46.3 Å². The number of anilines is 1. The Balaban J connectivity index is 2.24. The highest BCUT2D eigenvalue weighted by Gasteiger charge is 2.12. The minimum Gasteiger partial charge on any atom is -0.376 e. The molecule has 1 aromatic carbocycles. The summed E-state index contributed by atoms with van der Waals surface area (Å²) in [6, 6.07) is 2.68. The fourth-order valence-corrected chi connectivity index (χ4v) is 1.83. The topological polar surface area (TPSA) is 40.7 Å². The van der Waals surface area contributed by atoms with Crippen LogP contribution in [0.1, 0.15) is 22.5 Å². The van der Waals surface area contributed by atoms with E-state index in [4.69, 9.17) is 0 Å². The predicted octanol–water partition coefficient (Wildman–Crippen LogP) is 3.23. The number of nitrogens with zero attached hydrogens (tertiary/aromatic N) is 1. The molecule has 96 valence electrons. The van der Waals surface area contributed by atoms with Gasteiger partial charge in [-0.2, -0.15) is 5.10 Å². The van der Waals surface area contributed by atoms with Crippen molar-refractivity contribution in [2.45, 2.75) is 27.3 Å². The Hall–Kier alpha value is -1.91. The van der Waals surface area contributed by atoms with Gasteiger partial charge in [0.1, 0.15) is 11.5 Å². The third-order valence-corrected chi connectivity index (χ3v) is 3.01. The number of aromatic nitrogens is 2. The number of aromatic amines is 1. The van der Waals surface area contributed by atoms with Crippen molar-refractivity contribution in [1.82, 2.24) is 10.2 Å². The van der Waals surface area contributed by atoms with Crippen LogP contribution in [0.25, 0.3) is 0 Å². The van der Waals surface area contributed by atoms with E-state index < -0.39 is 11.6 Å². The van der Waals surface area contributed by atoms with E-state index in [-0.39, 0.29) is 5.69 Å². The highest BCUT2D eigenvalue weighted by molar-refractivity contribution is 5.49. The largest absolute Gasteiger partial charge is 0.376 e. The Bertz CT molecular complexity index is 556. The third kappa shape index (κ3) is 2.20. The molecular weight excluding hydrogens is 236 g/mol. The Labute approximate surface area is 104 Å². The lowest BCUT2D eigenvalue weighted by Crippen LogP contribution is -2.06. The van der Waals surface area contributed by atoms with Crippen LogP contribution in [0.15, 0.2) is 12.1 Å².